The lowest BCUT2D eigenvalue weighted by Crippen LogP contribution is -2.48. The normalized spacial score (nSPS) is 25.9. The number of carbonyl (C=O) groups is 2. The number of amides is 1. The van der Waals surface area contributed by atoms with Crippen LogP contribution in [0.1, 0.15) is 64.0 Å². The van der Waals surface area contributed by atoms with Crippen molar-refractivity contribution in [3.63, 3.8) is 0 Å². The Morgan fingerprint density at radius 3 is 2.39 bits per heavy atom. The van der Waals surface area contributed by atoms with Crippen molar-refractivity contribution in [1.29, 1.82) is 0 Å². The maximum Gasteiger partial charge on any atom is 0.309 e. The lowest BCUT2D eigenvalue weighted by atomic mass is 9.78. The number of sulfonamides is 1. The first-order chi connectivity index (χ1) is 15.5. The van der Waals surface area contributed by atoms with Crippen molar-refractivity contribution in [1.82, 2.24) is 9.62 Å². The predicted octanol–water partition coefficient (Wildman–Crippen LogP) is 3.58. The summed E-state index contributed by atoms with van der Waals surface area (Å²) in [6, 6.07) is 5.42. The molecule has 0 radical (unpaired) electrons. The molecule has 0 bridgehead atoms. The van der Waals surface area contributed by atoms with Crippen molar-refractivity contribution in [2.45, 2.75) is 83.8 Å². The molecule has 7 nitrogen and oxygen atoms in total. The molecule has 4 atom stereocenters. The zero-order valence-electron chi connectivity index (χ0n) is 20.5. The predicted molar refractivity (Wildman–Crippen MR) is 127 cm³/mol. The van der Waals surface area contributed by atoms with E-state index in [0.717, 1.165) is 24.0 Å². The van der Waals surface area contributed by atoms with Crippen molar-refractivity contribution in [3.8, 4) is 0 Å². The van der Waals surface area contributed by atoms with E-state index in [1.165, 1.54) is 10.7 Å². The molecule has 0 spiro atoms. The third-order valence-electron chi connectivity index (χ3n) is 7.43. The molecule has 2 aliphatic rings. The molecular formula is C25H38N2O5S. The van der Waals surface area contributed by atoms with Crippen LogP contribution in [0.5, 0.6) is 0 Å². The first kappa shape index (κ1) is 25.7. The average Bonchev–Trinajstić information content (AvgIpc) is 2.76. The third-order valence-corrected chi connectivity index (χ3v) is 9.49. The number of benzene rings is 1. The topological polar surface area (TPSA) is 92.8 Å². The summed E-state index contributed by atoms with van der Waals surface area (Å²) in [5.74, 6) is -0.129. The zero-order valence-corrected chi connectivity index (χ0v) is 21.3. The van der Waals surface area contributed by atoms with Crippen LogP contribution in [0.4, 0.5) is 0 Å². The summed E-state index contributed by atoms with van der Waals surface area (Å²) in [5, 5.41) is 3.06. The number of nitrogens with one attached hydrogen (secondary N) is 1. The van der Waals surface area contributed by atoms with Gasteiger partial charge in [-0.25, -0.2) is 8.42 Å². The number of aryl methyl sites for hydroxylation is 2. The number of piperidine rings is 1. The number of hydrogen-bond acceptors (Lipinski definition) is 5. The second kappa shape index (κ2) is 10.6. The van der Waals surface area contributed by atoms with Crippen LogP contribution in [-0.2, 0) is 24.3 Å². The van der Waals surface area contributed by atoms with Gasteiger partial charge in [0.2, 0.25) is 10.0 Å². The highest BCUT2D eigenvalue weighted by atomic mass is 32.2. The van der Waals surface area contributed by atoms with Crippen LogP contribution in [0.25, 0.3) is 0 Å². The molecular weight excluding hydrogens is 440 g/mol. The number of nitrogens with zero attached hydrogens (tertiary/aromatic N) is 1. The van der Waals surface area contributed by atoms with Gasteiger partial charge in [0.15, 0.2) is 6.10 Å². The van der Waals surface area contributed by atoms with E-state index >= 15 is 0 Å². The number of rotatable bonds is 6. The highest BCUT2D eigenvalue weighted by Crippen LogP contribution is 2.30. The number of carbonyl (C=O) groups excluding carboxylic acids is 2. The molecule has 2 fully saturated rings. The second-order valence-corrected chi connectivity index (χ2v) is 11.8. The fourth-order valence-electron chi connectivity index (χ4n) is 4.97. The standard InChI is InChI=1S/C25H38N2O5S/c1-16-9-10-23(18(3)15-16)33(30,31)27-13-11-21(12-14-27)25(29)32-20(5)24(28)26-22-8-6-7-17(2)19(22)4/h9-10,15,17,19-22H,6-8,11-14H2,1-5H3,(H,26,28)/t17-,19+,20+,22+/m1/s1. The summed E-state index contributed by atoms with van der Waals surface area (Å²) in [5.41, 5.74) is 1.73. The van der Waals surface area contributed by atoms with E-state index in [0.29, 0.717) is 29.6 Å². The second-order valence-electron chi connectivity index (χ2n) is 9.91. The summed E-state index contributed by atoms with van der Waals surface area (Å²) in [6.45, 7) is 10.2. The number of hydrogen-bond donors (Lipinski definition) is 1. The minimum atomic E-state index is -3.60. The van der Waals surface area contributed by atoms with E-state index < -0.39 is 28.0 Å². The van der Waals surface area contributed by atoms with E-state index in [1.807, 2.05) is 13.0 Å². The lowest BCUT2D eigenvalue weighted by molar-refractivity contribution is -0.160. The van der Waals surface area contributed by atoms with Gasteiger partial charge in [0.1, 0.15) is 0 Å². The highest BCUT2D eigenvalue weighted by molar-refractivity contribution is 7.89. The van der Waals surface area contributed by atoms with Gasteiger partial charge in [0.05, 0.1) is 10.8 Å². The molecule has 0 aromatic heterocycles. The van der Waals surface area contributed by atoms with Crippen LogP contribution in [0.2, 0.25) is 0 Å². The molecule has 184 valence electrons. The first-order valence-corrected chi connectivity index (χ1v) is 13.5. The molecule has 0 unspecified atom stereocenters. The third kappa shape index (κ3) is 5.96. The minimum absolute atomic E-state index is 0.112. The molecule has 1 aromatic carbocycles. The monoisotopic (exact) mass is 478 g/mol. The van der Waals surface area contributed by atoms with Gasteiger partial charge < -0.3 is 10.1 Å². The summed E-state index contributed by atoms with van der Waals surface area (Å²) in [6.07, 6.45) is 3.12. The Bertz CT molecular complexity index is 969. The van der Waals surface area contributed by atoms with Crippen LogP contribution >= 0.6 is 0 Å². The molecule has 3 rings (SSSR count). The Morgan fingerprint density at radius 2 is 1.76 bits per heavy atom. The smallest absolute Gasteiger partial charge is 0.309 e. The summed E-state index contributed by atoms with van der Waals surface area (Å²) >= 11 is 0. The summed E-state index contributed by atoms with van der Waals surface area (Å²) in [7, 11) is -3.60. The molecule has 8 heteroatoms. The van der Waals surface area contributed by atoms with E-state index in [1.54, 1.807) is 26.0 Å². The van der Waals surface area contributed by atoms with Crippen molar-refractivity contribution in [3.05, 3.63) is 29.3 Å². The Kier molecular flexibility index (Phi) is 8.22. The van der Waals surface area contributed by atoms with Crippen molar-refractivity contribution >= 4 is 21.9 Å². The van der Waals surface area contributed by atoms with Gasteiger partial charge >= 0.3 is 5.97 Å². The maximum absolute atomic E-state index is 13.1. The van der Waals surface area contributed by atoms with Crippen LogP contribution in [0.15, 0.2) is 23.1 Å². The number of esters is 1. The van der Waals surface area contributed by atoms with E-state index in [4.69, 9.17) is 4.74 Å². The molecule has 1 saturated heterocycles. The lowest BCUT2D eigenvalue weighted by Gasteiger charge is -2.35. The molecule has 33 heavy (non-hydrogen) atoms. The maximum atomic E-state index is 13.1. The zero-order chi connectivity index (χ0) is 24.3. The van der Waals surface area contributed by atoms with Crippen LogP contribution < -0.4 is 5.32 Å². The van der Waals surface area contributed by atoms with Crippen molar-refractivity contribution < 1.29 is 22.7 Å². The SMILES string of the molecule is Cc1ccc(S(=O)(=O)N2CCC(C(=O)O[C@@H](C)C(=O)N[C@H]3CCC[C@@H](C)[C@@H]3C)CC2)c(C)c1. The Balaban J connectivity index is 1.52. The molecule has 1 aliphatic heterocycles. The fraction of sp³-hybridized carbons (Fsp3) is 0.680. The molecule has 1 aliphatic carbocycles. The van der Waals surface area contributed by atoms with Gasteiger partial charge in [-0.1, -0.05) is 44.4 Å². The largest absolute Gasteiger partial charge is 0.452 e. The summed E-state index contributed by atoms with van der Waals surface area (Å²) in [4.78, 5) is 25.6. The molecule has 1 heterocycles. The van der Waals surface area contributed by atoms with Crippen LogP contribution in [-0.4, -0.2) is 49.8 Å². The Morgan fingerprint density at radius 1 is 1.09 bits per heavy atom. The van der Waals surface area contributed by atoms with Gasteiger partial charge in [-0.3, -0.25) is 9.59 Å². The molecule has 1 amide bonds. The van der Waals surface area contributed by atoms with Crippen molar-refractivity contribution in [2.75, 3.05) is 13.1 Å². The average molecular weight is 479 g/mol. The van der Waals surface area contributed by atoms with Gasteiger partial charge in [-0.05, 0) is 63.5 Å². The van der Waals surface area contributed by atoms with Gasteiger partial charge in [0.25, 0.3) is 5.91 Å². The van der Waals surface area contributed by atoms with E-state index in [2.05, 4.69) is 19.2 Å². The Hall–Kier alpha value is -1.93. The van der Waals surface area contributed by atoms with Crippen molar-refractivity contribution in [2.24, 2.45) is 17.8 Å². The highest BCUT2D eigenvalue weighted by Gasteiger charge is 2.35. The summed E-state index contributed by atoms with van der Waals surface area (Å²) < 4.78 is 33.0. The van der Waals surface area contributed by atoms with Gasteiger partial charge in [-0.15, -0.1) is 0 Å². The minimum Gasteiger partial charge on any atom is -0.452 e. The Labute approximate surface area is 198 Å². The molecule has 1 saturated carbocycles. The van der Waals surface area contributed by atoms with Gasteiger partial charge in [0, 0.05) is 19.1 Å². The number of ether oxygens (including phenoxy) is 1. The van der Waals surface area contributed by atoms with E-state index in [-0.39, 0.29) is 25.0 Å². The molecule has 1 N–H and O–H groups in total. The van der Waals surface area contributed by atoms with E-state index in [9.17, 15) is 18.0 Å². The van der Waals surface area contributed by atoms with Crippen LogP contribution in [0.3, 0.4) is 0 Å². The van der Waals surface area contributed by atoms with Crippen LogP contribution in [0, 0.1) is 31.6 Å². The first-order valence-electron chi connectivity index (χ1n) is 12.1. The van der Waals surface area contributed by atoms with Gasteiger partial charge in [-0.2, -0.15) is 4.31 Å². The molecule has 1 aromatic rings. The fourth-order valence-corrected chi connectivity index (χ4v) is 6.64. The quantitative estimate of drug-likeness (QED) is 0.631.